The predicted octanol–water partition coefficient (Wildman–Crippen LogP) is 5.50. The molecular formula is C18H23ClF2O. The van der Waals surface area contributed by atoms with Crippen LogP contribution in [-0.4, -0.2) is 5.24 Å². The molecule has 122 valence electrons. The maximum absolute atomic E-state index is 13.3. The van der Waals surface area contributed by atoms with E-state index in [1.807, 2.05) is 0 Å². The summed E-state index contributed by atoms with van der Waals surface area (Å²) in [5, 5.41) is -0.358. The number of carbonyl (C=O) groups excluding carboxylic acids is 1. The van der Waals surface area contributed by atoms with Gasteiger partial charge in [0.15, 0.2) is 11.6 Å². The molecule has 1 unspecified atom stereocenters. The molecule has 1 nitrogen and oxygen atoms in total. The third-order valence-electron chi connectivity index (χ3n) is 4.89. The Labute approximate surface area is 136 Å². The minimum absolute atomic E-state index is 0.256. The molecule has 0 N–H and O–H groups in total. The Kier molecular flexibility index (Phi) is 6.37. The van der Waals surface area contributed by atoms with Gasteiger partial charge in [-0.25, -0.2) is 8.78 Å². The van der Waals surface area contributed by atoms with Crippen LogP contribution in [0, 0.1) is 29.4 Å². The zero-order valence-corrected chi connectivity index (χ0v) is 13.7. The highest BCUT2D eigenvalue weighted by molar-refractivity contribution is 6.64. The Bertz CT molecular complexity index is 510. The van der Waals surface area contributed by atoms with E-state index in [2.05, 4.69) is 6.92 Å². The summed E-state index contributed by atoms with van der Waals surface area (Å²) >= 11 is 5.79. The van der Waals surface area contributed by atoms with Gasteiger partial charge in [-0.15, -0.1) is 0 Å². The Balaban J connectivity index is 2.01. The van der Waals surface area contributed by atoms with Gasteiger partial charge in [0.1, 0.15) is 0 Å². The van der Waals surface area contributed by atoms with Crippen molar-refractivity contribution >= 4 is 16.8 Å². The Hall–Kier alpha value is -0.960. The fraction of sp³-hybridized carbons (Fsp3) is 0.611. The summed E-state index contributed by atoms with van der Waals surface area (Å²) < 4.78 is 26.3. The average molecular weight is 329 g/mol. The summed E-state index contributed by atoms with van der Waals surface area (Å²) in [5.74, 6) is -1.02. The van der Waals surface area contributed by atoms with Crippen LogP contribution in [0.1, 0.15) is 51.0 Å². The van der Waals surface area contributed by atoms with Crippen molar-refractivity contribution in [3.05, 3.63) is 35.4 Å². The molecule has 1 saturated carbocycles. The van der Waals surface area contributed by atoms with E-state index in [4.69, 9.17) is 11.6 Å². The summed E-state index contributed by atoms with van der Waals surface area (Å²) in [6.07, 6.45) is 7.10. The van der Waals surface area contributed by atoms with Crippen molar-refractivity contribution in [1.29, 1.82) is 0 Å². The monoisotopic (exact) mass is 328 g/mol. The highest BCUT2D eigenvalue weighted by Crippen LogP contribution is 2.37. The first-order chi connectivity index (χ1) is 10.5. The van der Waals surface area contributed by atoms with Crippen LogP contribution in [0.5, 0.6) is 0 Å². The van der Waals surface area contributed by atoms with Crippen molar-refractivity contribution in [3.63, 3.8) is 0 Å². The van der Waals surface area contributed by atoms with Crippen molar-refractivity contribution in [2.45, 2.75) is 51.9 Å². The summed E-state index contributed by atoms with van der Waals surface area (Å²) in [4.78, 5) is 11.8. The molecule has 0 aromatic heterocycles. The molecule has 2 rings (SSSR count). The fourth-order valence-corrected chi connectivity index (χ4v) is 3.90. The van der Waals surface area contributed by atoms with Gasteiger partial charge in [-0.2, -0.15) is 0 Å². The molecular weight excluding hydrogens is 306 g/mol. The van der Waals surface area contributed by atoms with Crippen LogP contribution >= 0.6 is 11.6 Å². The lowest BCUT2D eigenvalue weighted by Gasteiger charge is -2.32. The number of rotatable bonds is 6. The van der Waals surface area contributed by atoms with E-state index in [-0.39, 0.29) is 17.1 Å². The largest absolute Gasteiger partial charge is 0.281 e. The Morgan fingerprint density at radius 1 is 1.23 bits per heavy atom. The van der Waals surface area contributed by atoms with Crippen molar-refractivity contribution in [1.82, 2.24) is 0 Å². The lowest BCUT2D eigenvalue weighted by Crippen LogP contribution is -2.27. The molecule has 1 aromatic carbocycles. The molecule has 0 radical (unpaired) electrons. The molecule has 4 heteroatoms. The third kappa shape index (κ3) is 4.52. The van der Waals surface area contributed by atoms with E-state index >= 15 is 0 Å². The van der Waals surface area contributed by atoms with Gasteiger partial charge in [0.05, 0.1) is 0 Å². The standard InChI is InChI=1S/C18H23ClF2O/c1-2-3-12-4-7-14(8-5-12)15(18(19)22)10-13-6-9-16(20)17(21)11-13/h6,9,11-12,14-15H,2-5,7-8,10H2,1H3. The number of halogens is 3. The van der Waals surface area contributed by atoms with Gasteiger partial charge in [0.25, 0.3) is 0 Å². The first-order valence-corrected chi connectivity index (χ1v) is 8.52. The second-order valence-electron chi connectivity index (χ2n) is 6.43. The topological polar surface area (TPSA) is 17.1 Å². The van der Waals surface area contributed by atoms with Gasteiger partial charge >= 0.3 is 0 Å². The summed E-state index contributed by atoms with van der Waals surface area (Å²) in [6.45, 7) is 2.19. The van der Waals surface area contributed by atoms with E-state index < -0.39 is 11.6 Å². The maximum Gasteiger partial charge on any atom is 0.225 e. The highest BCUT2D eigenvalue weighted by Gasteiger charge is 2.31. The number of hydrogen-bond acceptors (Lipinski definition) is 1. The first kappa shape index (κ1) is 17.4. The van der Waals surface area contributed by atoms with Crippen LogP contribution in [0.3, 0.4) is 0 Å². The Morgan fingerprint density at radius 2 is 1.91 bits per heavy atom. The van der Waals surface area contributed by atoms with Crippen LogP contribution in [0.25, 0.3) is 0 Å². The predicted molar refractivity (Wildman–Crippen MR) is 84.8 cm³/mol. The molecule has 0 spiro atoms. The third-order valence-corrected chi connectivity index (χ3v) is 5.17. The van der Waals surface area contributed by atoms with E-state index in [1.165, 1.54) is 25.0 Å². The second kappa shape index (κ2) is 8.05. The second-order valence-corrected chi connectivity index (χ2v) is 6.81. The van der Waals surface area contributed by atoms with Crippen LogP contribution in [0.4, 0.5) is 8.78 Å². The SMILES string of the molecule is CCCC1CCC(C(Cc2ccc(F)c(F)c2)C(=O)Cl)CC1. The minimum Gasteiger partial charge on any atom is -0.281 e. The molecule has 1 aromatic rings. The number of benzene rings is 1. The van der Waals surface area contributed by atoms with Crippen molar-refractivity contribution in [2.24, 2.45) is 17.8 Å². The summed E-state index contributed by atoms with van der Waals surface area (Å²) in [7, 11) is 0. The summed E-state index contributed by atoms with van der Waals surface area (Å²) in [6, 6.07) is 3.82. The van der Waals surface area contributed by atoms with Gasteiger partial charge in [0, 0.05) is 5.92 Å². The first-order valence-electron chi connectivity index (χ1n) is 8.14. The quantitative estimate of drug-likeness (QED) is 0.630. The maximum atomic E-state index is 13.3. The molecule has 1 aliphatic carbocycles. The zero-order chi connectivity index (χ0) is 16.1. The van der Waals surface area contributed by atoms with E-state index in [0.29, 0.717) is 12.0 Å². The van der Waals surface area contributed by atoms with Crippen molar-refractivity contribution < 1.29 is 13.6 Å². The van der Waals surface area contributed by atoms with Crippen LogP contribution < -0.4 is 0 Å². The average Bonchev–Trinajstić information content (AvgIpc) is 2.49. The lowest BCUT2D eigenvalue weighted by molar-refractivity contribution is -0.117. The van der Waals surface area contributed by atoms with Crippen molar-refractivity contribution in [3.8, 4) is 0 Å². The van der Waals surface area contributed by atoms with Gasteiger partial charge in [-0.05, 0) is 60.4 Å². The van der Waals surface area contributed by atoms with Crippen LogP contribution in [-0.2, 0) is 11.2 Å². The number of hydrogen-bond donors (Lipinski definition) is 0. The van der Waals surface area contributed by atoms with Gasteiger partial charge in [-0.1, -0.05) is 38.7 Å². The molecule has 1 aliphatic rings. The van der Waals surface area contributed by atoms with Gasteiger partial charge in [-0.3, -0.25) is 4.79 Å². The fourth-order valence-electron chi connectivity index (χ4n) is 3.64. The van der Waals surface area contributed by atoms with Crippen molar-refractivity contribution in [2.75, 3.05) is 0 Å². The van der Waals surface area contributed by atoms with Crippen LogP contribution in [0.2, 0.25) is 0 Å². The lowest BCUT2D eigenvalue weighted by atomic mass is 9.73. The molecule has 0 aliphatic heterocycles. The van der Waals surface area contributed by atoms with E-state index in [1.54, 1.807) is 0 Å². The molecule has 1 fully saturated rings. The number of carbonyl (C=O) groups is 1. The zero-order valence-electron chi connectivity index (χ0n) is 13.0. The molecule has 0 amide bonds. The molecule has 1 atom stereocenters. The molecule has 0 heterocycles. The molecule has 0 saturated heterocycles. The van der Waals surface area contributed by atoms with E-state index in [0.717, 1.165) is 37.7 Å². The van der Waals surface area contributed by atoms with Gasteiger partial charge < -0.3 is 0 Å². The molecule has 0 bridgehead atoms. The smallest absolute Gasteiger partial charge is 0.225 e. The van der Waals surface area contributed by atoms with Gasteiger partial charge in [0.2, 0.25) is 5.24 Å². The van der Waals surface area contributed by atoms with Crippen LogP contribution in [0.15, 0.2) is 18.2 Å². The summed E-state index contributed by atoms with van der Waals surface area (Å²) in [5.41, 5.74) is 0.633. The minimum atomic E-state index is -0.870. The van der Waals surface area contributed by atoms with E-state index in [9.17, 15) is 13.6 Å². The highest BCUT2D eigenvalue weighted by atomic mass is 35.5. The molecule has 22 heavy (non-hydrogen) atoms. The Morgan fingerprint density at radius 3 is 2.45 bits per heavy atom. The normalized spacial score (nSPS) is 23.3.